The average Bonchev–Trinajstić information content (AvgIpc) is 3.12. The minimum atomic E-state index is 0.254. The fraction of sp³-hybridized carbons (Fsp3) is 0.391. The molecular weight excluding hydrogens is 404 g/mol. The molecule has 0 saturated carbocycles. The first kappa shape index (κ1) is 21.6. The molecule has 0 spiro atoms. The van der Waals surface area contributed by atoms with Gasteiger partial charge in [0.1, 0.15) is 5.75 Å². The lowest BCUT2D eigenvalue weighted by atomic mass is 10.1. The number of nitrogens with one attached hydrogen (secondary N) is 2. The maximum atomic E-state index is 6.96. The molecule has 2 aromatic heterocycles. The number of hydrogen-bond donors (Lipinski definition) is 2. The lowest BCUT2D eigenvalue weighted by Gasteiger charge is -2.26. The van der Waals surface area contributed by atoms with Gasteiger partial charge in [-0.2, -0.15) is 5.10 Å². The summed E-state index contributed by atoms with van der Waals surface area (Å²) >= 11 is 0. The average molecular weight is 433 g/mol. The number of benzene rings is 1. The lowest BCUT2D eigenvalue weighted by Crippen LogP contribution is -2.35. The standard InChI is InChI=1S/C23H28N8O/c1-16(2)30-8-5-9-31(11-10-30)17-6-7-18(20(12-17)32-4)19-13-21(29-28-19)27-23-15-25-22(24-3)14-26-23/h6-7,12-16H,5,8-11H2,1-2,4H3,(H2,26,27,28,29). The Morgan fingerprint density at radius 2 is 1.97 bits per heavy atom. The van der Waals surface area contributed by atoms with Crippen LogP contribution in [0.5, 0.6) is 5.75 Å². The number of aromatic amines is 1. The van der Waals surface area contributed by atoms with Crippen molar-refractivity contribution in [1.29, 1.82) is 0 Å². The van der Waals surface area contributed by atoms with Crippen LogP contribution in [0.15, 0.2) is 36.7 Å². The van der Waals surface area contributed by atoms with Crippen molar-refractivity contribution in [3.05, 3.63) is 48.1 Å². The molecule has 1 aliphatic heterocycles. The number of anilines is 3. The van der Waals surface area contributed by atoms with Crippen LogP contribution in [0.1, 0.15) is 20.3 Å². The van der Waals surface area contributed by atoms with Crippen molar-refractivity contribution in [1.82, 2.24) is 25.1 Å². The van der Waals surface area contributed by atoms with Crippen LogP contribution in [0.4, 0.5) is 23.1 Å². The summed E-state index contributed by atoms with van der Waals surface area (Å²) in [5, 5.41) is 10.5. The summed E-state index contributed by atoms with van der Waals surface area (Å²) < 4.78 is 5.72. The highest BCUT2D eigenvalue weighted by Gasteiger charge is 2.19. The van der Waals surface area contributed by atoms with E-state index in [4.69, 9.17) is 11.3 Å². The number of aromatic nitrogens is 4. The molecule has 2 N–H and O–H groups in total. The van der Waals surface area contributed by atoms with Crippen LogP contribution in [-0.2, 0) is 0 Å². The molecule has 0 bridgehead atoms. The zero-order valence-corrected chi connectivity index (χ0v) is 18.7. The van der Waals surface area contributed by atoms with Gasteiger partial charge in [-0.1, -0.05) is 6.57 Å². The summed E-state index contributed by atoms with van der Waals surface area (Å²) in [4.78, 5) is 16.4. The van der Waals surface area contributed by atoms with Crippen LogP contribution >= 0.6 is 0 Å². The molecule has 0 radical (unpaired) electrons. The van der Waals surface area contributed by atoms with E-state index in [9.17, 15) is 0 Å². The van der Waals surface area contributed by atoms with Crippen molar-refractivity contribution < 1.29 is 4.74 Å². The van der Waals surface area contributed by atoms with Crippen LogP contribution in [0.3, 0.4) is 0 Å². The van der Waals surface area contributed by atoms with Gasteiger partial charge in [-0.05, 0) is 32.4 Å². The largest absolute Gasteiger partial charge is 0.496 e. The van der Waals surface area contributed by atoms with Crippen molar-refractivity contribution >= 4 is 23.1 Å². The van der Waals surface area contributed by atoms with Gasteiger partial charge in [0.05, 0.1) is 19.0 Å². The van der Waals surface area contributed by atoms with Gasteiger partial charge in [0.15, 0.2) is 17.8 Å². The Morgan fingerprint density at radius 1 is 1.09 bits per heavy atom. The monoisotopic (exact) mass is 432 g/mol. The Morgan fingerprint density at radius 3 is 2.69 bits per heavy atom. The number of nitrogens with zero attached hydrogens (tertiary/aromatic N) is 6. The predicted octanol–water partition coefficient (Wildman–Crippen LogP) is 4.09. The SMILES string of the molecule is [C-]#[N+]c1cnc(Nc2cc(-c3ccc(N4CCCN(C(C)C)CC4)cc3OC)[nH]n2)cn1. The normalized spacial score (nSPS) is 14.8. The predicted molar refractivity (Wildman–Crippen MR) is 126 cm³/mol. The van der Waals surface area contributed by atoms with Gasteiger partial charge in [-0.15, -0.1) is 4.98 Å². The van der Waals surface area contributed by atoms with E-state index in [1.165, 1.54) is 18.1 Å². The Kier molecular flexibility index (Phi) is 6.52. The highest BCUT2D eigenvalue weighted by molar-refractivity contribution is 5.73. The molecule has 1 fully saturated rings. The Labute approximate surface area is 188 Å². The Balaban J connectivity index is 1.50. The van der Waals surface area contributed by atoms with Gasteiger partial charge in [0.2, 0.25) is 0 Å². The first-order valence-corrected chi connectivity index (χ1v) is 10.8. The second-order valence-electron chi connectivity index (χ2n) is 8.02. The van der Waals surface area contributed by atoms with Crippen molar-refractivity contribution in [2.45, 2.75) is 26.3 Å². The molecule has 1 aliphatic rings. The molecule has 3 aromatic rings. The van der Waals surface area contributed by atoms with Crippen LogP contribution < -0.4 is 15.0 Å². The molecule has 9 nitrogen and oxygen atoms in total. The molecule has 3 heterocycles. The molecule has 1 saturated heterocycles. The van der Waals surface area contributed by atoms with Crippen molar-refractivity contribution in [3.8, 4) is 17.0 Å². The smallest absolute Gasteiger partial charge is 0.288 e. The Hall–Kier alpha value is -3.64. The van der Waals surface area contributed by atoms with Crippen LogP contribution in [0.25, 0.3) is 16.1 Å². The molecule has 0 atom stereocenters. The molecule has 166 valence electrons. The molecule has 9 heteroatoms. The fourth-order valence-electron chi connectivity index (χ4n) is 3.91. The number of ether oxygens (including phenoxy) is 1. The fourth-order valence-corrected chi connectivity index (χ4v) is 3.91. The highest BCUT2D eigenvalue weighted by atomic mass is 16.5. The molecule has 4 rings (SSSR count). The van der Waals surface area contributed by atoms with E-state index in [-0.39, 0.29) is 5.82 Å². The van der Waals surface area contributed by atoms with Gasteiger partial charge in [0, 0.05) is 55.6 Å². The minimum absolute atomic E-state index is 0.254. The van der Waals surface area contributed by atoms with Crippen molar-refractivity contribution in [2.24, 2.45) is 0 Å². The topological polar surface area (TPSA) is 86.6 Å². The third kappa shape index (κ3) is 4.81. The molecule has 0 aliphatic carbocycles. The van der Waals surface area contributed by atoms with E-state index in [2.05, 4.69) is 72.2 Å². The number of H-pyrrole nitrogens is 1. The second-order valence-corrected chi connectivity index (χ2v) is 8.02. The number of hydrogen-bond acceptors (Lipinski definition) is 7. The number of methoxy groups -OCH3 is 1. The quantitative estimate of drug-likeness (QED) is 0.567. The van der Waals surface area contributed by atoms with Gasteiger partial charge < -0.3 is 19.8 Å². The van der Waals surface area contributed by atoms with Gasteiger partial charge in [0.25, 0.3) is 5.82 Å². The summed E-state index contributed by atoms with van der Waals surface area (Å²) in [6.07, 6.45) is 4.09. The summed E-state index contributed by atoms with van der Waals surface area (Å²) in [6.45, 7) is 15.7. The van der Waals surface area contributed by atoms with Gasteiger partial charge >= 0.3 is 0 Å². The maximum absolute atomic E-state index is 6.96. The molecule has 32 heavy (non-hydrogen) atoms. The van der Waals surface area contributed by atoms with E-state index in [0.29, 0.717) is 17.7 Å². The summed E-state index contributed by atoms with van der Waals surface area (Å²) in [5.74, 6) is 2.18. The van der Waals surface area contributed by atoms with E-state index in [1.54, 1.807) is 7.11 Å². The minimum Gasteiger partial charge on any atom is -0.496 e. The second kappa shape index (κ2) is 9.66. The van der Waals surface area contributed by atoms with E-state index in [1.807, 2.05) is 6.07 Å². The number of rotatable bonds is 6. The van der Waals surface area contributed by atoms with E-state index < -0.39 is 0 Å². The summed E-state index contributed by atoms with van der Waals surface area (Å²) in [7, 11) is 1.69. The molecular formula is C23H28N8O. The van der Waals surface area contributed by atoms with Crippen LogP contribution in [0.2, 0.25) is 0 Å². The zero-order valence-electron chi connectivity index (χ0n) is 18.7. The Bertz CT molecular complexity index is 1090. The maximum Gasteiger partial charge on any atom is 0.288 e. The zero-order chi connectivity index (χ0) is 22.5. The third-order valence-corrected chi connectivity index (χ3v) is 5.69. The van der Waals surface area contributed by atoms with E-state index >= 15 is 0 Å². The van der Waals surface area contributed by atoms with Crippen molar-refractivity contribution in [3.63, 3.8) is 0 Å². The first-order valence-electron chi connectivity index (χ1n) is 10.8. The van der Waals surface area contributed by atoms with Gasteiger partial charge in [-0.25, -0.2) is 4.98 Å². The molecule has 0 unspecified atom stereocenters. The molecule has 1 aromatic carbocycles. The molecule has 0 amide bonds. The summed E-state index contributed by atoms with van der Waals surface area (Å²) in [5.41, 5.74) is 2.94. The van der Waals surface area contributed by atoms with Crippen LogP contribution in [-0.4, -0.2) is 64.4 Å². The first-order chi connectivity index (χ1) is 15.6. The third-order valence-electron chi connectivity index (χ3n) is 5.69. The lowest BCUT2D eigenvalue weighted by molar-refractivity contribution is 0.238. The highest BCUT2D eigenvalue weighted by Crippen LogP contribution is 2.34. The van der Waals surface area contributed by atoms with Crippen LogP contribution in [0, 0.1) is 6.57 Å². The van der Waals surface area contributed by atoms with Crippen molar-refractivity contribution in [2.75, 3.05) is 43.5 Å². The summed E-state index contributed by atoms with van der Waals surface area (Å²) in [6, 6.07) is 8.79. The van der Waals surface area contributed by atoms with Gasteiger partial charge in [-0.3, -0.25) is 10.00 Å². The van der Waals surface area contributed by atoms with E-state index in [0.717, 1.165) is 49.6 Å².